The molecule has 0 saturated heterocycles. The van der Waals surface area contributed by atoms with Crippen molar-refractivity contribution in [3.63, 3.8) is 0 Å². The molecule has 4 rings (SSSR count). The summed E-state index contributed by atoms with van der Waals surface area (Å²) in [7, 11) is 0. The first-order valence-corrected chi connectivity index (χ1v) is 11.9. The van der Waals surface area contributed by atoms with Gasteiger partial charge in [-0.25, -0.2) is 4.39 Å². The Morgan fingerprint density at radius 3 is 2.32 bits per heavy atom. The third-order valence-electron chi connectivity index (χ3n) is 5.92. The molecular weight excluding hydrogens is 487 g/mol. The van der Waals surface area contributed by atoms with Crippen LogP contribution in [-0.4, -0.2) is 22.9 Å². The van der Waals surface area contributed by atoms with Crippen molar-refractivity contribution in [2.24, 2.45) is 0 Å². The van der Waals surface area contributed by atoms with Crippen LogP contribution < -0.4 is 26.7 Å². The highest BCUT2D eigenvalue weighted by atomic mass is 19.1. The van der Waals surface area contributed by atoms with Gasteiger partial charge in [0.05, 0.1) is 11.3 Å². The number of ether oxygens (including phenoxy) is 1. The van der Waals surface area contributed by atoms with E-state index in [1.165, 1.54) is 34.9 Å². The van der Waals surface area contributed by atoms with Gasteiger partial charge in [-0.3, -0.25) is 14.4 Å². The number of benzene rings is 3. The number of amides is 2. The molecule has 4 aromatic rings. The second-order valence-electron chi connectivity index (χ2n) is 8.57. The maximum Gasteiger partial charge on any atom is 0.259 e. The zero-order valence-electron chi connectivity index (χ0n) is 20.7. The second-order valence-corrected chi connectivity index (χ2v) is 8.57. The van der Waals surface area contributed by atoms with E-state index in [2.05, 4.69) is 10.6 Å². The molecule has 3 aromatic carbocycles. The number of nitrogen functional groups attached to an aromatic ring is 1. The van der Waals surface area contributed by atoms with Crippen LogP contribution in [0.25, 0.3) is 0 Å². The van der Waals surface area contributed by atoms with Crippen LogP contribution in [0.1, 0.15) is 32.0 Å². The summed E-state index contributed by atoms with van der Waals surface area (Å²) in [6.45, 7) is 2.28. The van der Waals surface area contributed by atoms with Gasteiger partial charge in [-0.2, -0.15) is 0 Å². The summed E-state index contributed by atoms with van der Waals surface area (Å²) >= 11 is 0. The lowest BCUT2D eigenvalue weighted by molar-refractivity contribution is 0.0950. The molecule has 0 spiro atoms. The molecule has 0 bridgehead atoms. The van der Waals surface area contributed by atoms with Crippen LogP contribution in [0.2, 0.25) is 0 Å². The summed E-state index contributed by atoms with van der Waals surface area (Å²) in [5.41, 5.74) is 8.10. The molecule has 38 heavy (non-hydrogen) atoms. The summed E-state index contributed by atoms with van der Waals surface area (Å²) in [6, 6.07) is 23.0. The number of halogens is 1. The quantitative estimate of drug-likeness (QED) is 0.311. The molecule has 0 aliphatic rings. The number of nitrogens with two attached hydrogens (primary N) is 1. The van der Waals surface area contributed by atoms with E-state index in [1.54, 1.807) is 31.2 Å². The lowest BCUT2D eigenvalue weighted by Crippen LogP contribution is -2.33. The SMILES string of the molecule is Cc1c(C(=O)Nc2ccc(OCc3ccccc3)cc2)c(N)cc(=O)n1CCNC(=O)c1ccc(F)cc1. The lowest BCUT2D eigenvalue weighted by Gasteiger charge is -2.16. The van der Waals surface area contributed by atoms with Gasteiger partial charge in [0, 0.05) is 36.1 Å². The normalized spacial score (nSPS) is 10.6. The fourth-order valence-electron chi connectivity index (χ4n) is 3.92. The smallest absolute Gasteiger partial charge is 0.259 e. The minimum atomic E-state index is -0.470. The molecule has 4 N–H and O–H groups in total. The largest absolute Gasteiger partial charge is 0.489 e. The lowest BCUT2D eigenvalue weighted by atomic mass is 10.1. The zero-order valence-corrected chi connectivity index (χ0v) is 20.7. The number of carbonyl (C=O) groups excluding carboxylic acids is 2. The van der Waals surface area contributed by atoms with Crippen molar-refractivity contribution in [3.8, 4) is 5.75 Å². The van der Waals surface area contributed by atoms with Crippen molar-refractivity contribution in [1.29, 1.82) is 0 Å². The first kappa shape index (κ1) is 26.2. The molecule has 8 nitrogen and oxygen atoms in total. The number of rotatable bonds is 9. The number of pyridine rings is 1. The van der Waals surface area contributed by atoms with E-state index in [4.69, 9.17) is 10.5 Å². The average Bonchev–Trinajstić information content (AvgIpc) is 2.91. The Kier molecular flexibility index (Phi) is 8.17. The molecule has 1 aromatic heterocycles. The number of anilines is 2. The van der Waals surface area contributed by atoms with E-state index in [1.807, 2.05) is 30.3 Å². The summed E-state index contributed by atoms with van der Waals surface area (Å²) < 4.78 is 20.2. The van der Waals surface area contributed by atoms with E-state index >= 15 is 0 Å². The summed E-state index contributed by atoms with van der Waals surface area (Å²) in [5.74, 6) is -0.662. The molecule has 0 aliphatic carbocycles. The van der Waals surface area contributed by atoms with Crippen LogP contribution in [0.4, 0.5) is 15.8 Å². The second kappa shape index (κ2) is 11.9. The number of nitrogens with zero attached hydrogens (tertiary/aromatic N) is 1. The predicted octanol–water partition coefficient (Wildman–Crippen LogP) is 4.14. The topological polar surface area (TPSA) is 115 Å². The highest BCUT2D eigenvalue weighted by Gasteiger charge is 2.18. The van der Waals surface area contributed by atoms with E-state index in [-0.39, 0.29) is 24.3 Å². The Balaban J connectivity index is 1.40. The fraction of sp³-hybridized carbons (Fsp3) is 0.138. The molecule has 0 aliphatic heterocycles. The molecule has 9 heteroatoms. The van der Waals surface area contributed by atoms with Gasteiger partial charge in [0.25, 0.3) is 17.4 Å². The molecule has 2 amide bonds. The number of nitrogens with one attached hydrogen (secondary N) is 2. The Morgan fingerprint density at radius 1 is 0.947 bits per heavy atom. The van der Waals surface area contributed by atoms with Crippen molar-refractivity contribution in [2.45, 2.75) is 20.1 Å². The molecule has 0 unspecified atom stereocenters. The fourth-order valence-corrected chi connectivity index (χ4v) is 3.92. The van der Waals surface area contributed by atoms with Gasteiger partial charge in [-0.15, -0.1) is 0 Å². The van der Waals surface area contributed by atoms with E-state index in [0.717, 1.165) is 5.56 Å². The number of hydrogen-bond donors (Lipinski definition) is 3. The zero-order chi connectivity index (χ0) is 27.1. The molecule has 194 valence electrons. The van der Waals surface area contributed by atoms with Gasteiger partial charge in [0.1, 0.15) is 18.2 Å². The minimum Gasteiger partial charge on any atom is -0.489 e. The monoisotopic (exact) mass is 514 g/mol. The number of carbonyl (C=O) groups is 2. The van der Waals surface area contributed by atoms with Crippen molar-refractivity contribution in [3.05, 3.63) is 123 Å². The molecule has 0 radical (unpaired) electrons. The summed E-state index contributed by atoms with van der Waals surface area (Å²) in [6.07, 6.45) is 0. The maximum absolute atomic E-state index is 13.1. The van der Waals surface area contributed by atoms with Gasteiger partial charge in [-0.05, 0) is 61.0 Å². The predicted molar refractivity (Wildman–Crippen MR) is 144 cm³/mol. The minimum absolute atomic E-state index is 0.0550. The van der Waals surface area contributed by atoms with Crippen molar-refractivity contribution >= 4 is 23.2 Å². The van der Waals surface area contributed by atoms with Crippen LogP contribution >= 0.6 is 0 Å². The van der Waals surface area contributed by atoms with Crippen LogP contribution in [-0.2, 0) is 13.2 Å². The van der Waals surface area contributed by atoms with E-state index in [9.17, 15) is 18.8 Å². The summed E-state index contributed by atoms with van der Waals surface area (Å²) in [4.78, 5) is 37.9. The highest BCUT2D eigenvalue weighted by Crippen LogP contribution is 2.20. The Bertz CT molecular complexity index is 1480. The first-order chi connectivity index (χ1) is 18.3. The highest BCUT2D eigenvalue weighted by molar-refractivity contribution is 6.08. The molecular formula is C29H27FN4O4. The van der Waals surface area contributed by atoms with Crippen LogP contribution in [0.3, 0.4) is 0 Å². The van der Waals surface area contributed by atoms with Gasteiger partial charge >= 0.3 is 0 Å². The molecule has 0 saturated carbocycles. The van der Waals surface area contributed by atoms with Crippen molar-refractivity contribution in [2.75, 3.05) is 17.6 Å². The van der Waals surface area contributed by atoms with Crippen LogP contribution in [0, 0.1) is 12.7 Å². The van der Waals surface area contributed by atoms with E-state index in [0.29, 0.717) is 29.3 Å². The van der Waals surface area contributed by atoms with Crippen molar-refractivity contribution < 1.29 is 18.7 Å². The average molecular weight is 515 g/mol. The summed E-state index contributed by atoms with van der Waals surface area (Å²) in [5, 5.41) is 5.48. The van der Waals surface area contributed by atoms with E-state index < -0.39 is 23.2 Å². The Hall–Kier alpha value is -4.92. The van der Waals surface area contributed by atoms with Crippen LogP contribution in [0.15, 0.2) is 89.7 Å². The van der Waals surface area contributed by atoms with Gasteiger partial charge < -0.3 is 25.7 Å². The standard InChI is InChI=1S/C29H27FN4O4/c1-19-27(29(37)33-23-11-13-24(14-12-23)38-18-20-5-3-2-4-6-20)25(31)17-26(35)34(19)16-15-32-28(36)21-7-9-22(30)10-8-21/h2-14,17H,15-16,18,31H2,1H3,(H,32,36)(H,33,37). The molecule has 1 heterocycles. The van der Waals surface area contributed by atoms with Gasteiger partial charge in [0.2, 0.25) is 0 Å². The third-order valence-corrected chi connectivity index (χ3v) is 5.92. The maximum atomic E-state index is 13.1. The molecule has 0 atom stereocenters. The molecule has 0 fully saturated rings. The number of hydrogen-bond acceptors (Lipinski definition) is 5. The van der Waals surface area contributed by atoms with Crippen molar-refractivity contribution in [1.82, 2.24) is 9.88 Å². The Labute approximate surface area is 218 Å². The van der Waals surface area contributed by atoms with Gasteiger partial charge in [-0.1, -0.05) is 30.3 Å². The Morgan fingerprint density at radius 2 is 1.63 bits per heavy atom. The number of aromatic nitrogens is 1. The van der Waals surface area contributed by atoms with Crippen LogP contribution in [0.5, 0.6) is 5.75 Å². The van der Waals surface area contributed by atoms with Gasteiger partial charge in [0.15, 0.2) is 0 Å². The first-order valence-electron chi connectivity index (χ1n) is 11.9. The third kappa shape index (κ3) is 6.44.